The molecule has 0 heterocycles. The maximum atomic E-state index is 14.4. The van der Waals surface area contributed by atoms with Gasteiger partial charge in [0.15, 0.2) is 0 Å². The van der Waals surface area contributed by atoms with Crippen molar-refractivity contribution in [2.75, 3.05) is 10.8 Å². The number of para-hydroxylation sites is 1. The Morgan fingerprint density at radius 2 is 1.81 bits per heavy atom. The van der Waals surface area contributed by atoms with E-state index in [0.717, 1.165) is 15.9 Å². The molecule has 1 N–H and O–H groups in total. The molecule has 6 nitrogen and oxygen atoms in total. The first-order valence-electron chi connectivity index (χ1n) is 9.19. The largest absolute Gasteiger partial charge is 0.271 e. The van der Waals surface area contributed by atoms with Gasteiger partial charge in [0.1, 0.15) is 12.4 Å². The molecule has 0 fully saturated rings. The van der Waals surface area contributed by atoms with Gasteiger partial charge in [-0.1, -0.05) is 53.6 Å². The molecule has 9 heteroatoms. The second-order valence-electron chi connectivity index (χ2n) is 6.62. The van der Waals surface area contributed by atoms with Crippen LogP contribution < -0.4 is 9.73 Å². The lowest BCUT2D eigenvalue weighted by molar-refractivity contribution is -0.119. The van der Waals surface area contributed by atoms with Crippen LogP contribution in [-0.2, 0) is 14.8 Å². The fourth-order valence-corrected chi connectivity index (χ4v) is 4.35. The molecule has 0 aromatic heterocycles. The Labute approximate surface area is 185 Å². The Morgan fingerprint density at radius 1 is 1.10 bits per heavy atom. The van der Waals surface area contributed by atoms with E-state index in [-0.39, 0.29) is 10.6 Å². The van der Waals surface area contributed by atoms with E-state index in [1.807, 2.05) is 6.92 Å². The zero-order valence-corrected chi connectivity index (χ0v) is 18.1. The van der Waals surface area contributed by atoms with Gasteiger partial charge in [0, 0.05) is 5.02 Å². The number of hydrogen-bond donors (Lipinski definition) is 1. The minimum atomic E-state index is -4.21. The van der Waals surface area contributed by atoms with Gasteiger partial charge in [-0.15, -0.1) is 0 Å². The third kappa shape index (κ3) is 5.68. The quantitative estimate of drug-likeness (QED) is 0.426. The summed E-state index contributed by atoms with van der Waals surface area (Å²) in [6, 6.07) is 18.2. The van der Waals surface area contributed by atoms with Gasteiger partial charge in [-0.3, -0.25) is 9.10 Å². The van der Waals surface area contributed by atoms with E-state index in [2.05, 4.69) is 10.5 Å². The van der Waals surface area contributed by atoms with E-state index >= 15 is 0 Å². The van der Waals surface area contributed by atoms with Crippen molar-refractivity contribution >= 4 is 39.4 Å². The first-order valence-corrected chi connectivity index (χ1v) is 11.0. The number of benzene rings is 3. The third-order valence-corrected chi connectivity index (χ3v) is 6.28. The van der Waals surface area contributed by atoms with Crippen LogP contribution >= 0.6 is 11.6 Å². The maximum Gasteiger partial charge on any atom is 0.264 e. The van der Waals surface area contributed by atoms with Gasteiger partial charge in [0.25, 0.3) is 15.9 Å². The minimum Gasteiger partial charge on any atom is -0.271 e. The summed E-state index contributed by atoms with van der Waals surface area (Å²) in [6.45, 7) is 1.15. The Morgan fingerprint density at radius 3 is 2.48 bits per heavy atom. The number of rotatable bonds is 7. The van der Waals surface area contributed by atoms with Gasteiger partial charge in [-0.05, 0) is 48.9 Å². The zero-order valence-electron chi connectivity index (χ0n) is 16.5. The van der Waals surface area contributed by atoms with E-state index in [4.69, 9.17) is 11.6 Å². The van der Waals surface area contributed by atoms with Crippen molar-refractivity contribution < 1.29 is 17.6 Å². The molecule has 1 amide bonds. The third-order valence-electron chi connectivity index (χ3n) is 4.27. The number of sulfonamides is 1. The topological polar surface area (TPSA) is 78.8 Å². The standard InChI is InChI=1S/C22H19ClFN3O3S/c1-16-9-11-19(12-10-16)31(29,30)27(21-8-3-2-7-20(21)24)15-22(28)26-25-14-17-5-4-6-18(23)13-17/h2-14H,15H2,1H3,(H,26,28)/b25-14-. The molecule has 160 valence electrons. The van der Waals surface area contributed by atoms with Crippen molar-refractivity contribution in [3.05, 3.63) is 94.8 Å². The van der Waals surface area contributed by atoms with Crippen LogP contribution in [0.4, 0.5) is 10.1 Å². The SMILES string of the molecule is Cc1ccc(S(=O)(=O)N(CC(=O)N/N=C\c2cccc(Cl)c2)c2ccccc2F)cc1. The molecular formula is C22H19ClFN3O3S. The van der Waals surface area contributed by atoms with Gasteiger partial charge >= 0.3 is 0 Å². The van der Waals surface area contributed by atoms with Gasteiger partial charge in [-0.2, -0.15) is 5.10 Å². The molecule has 0 unspecified atom stereocenters. The molecule has 0 radical (unpaired) electrons. The van der Waals surface area contributed by atoms with Crippen molar-refractivity contribution in [3.8, 4) is 0 Å². The van der Waals surface area contributed by atoms with Gasteiger partial charge in [0.05, 0.1) is 16.8 Å². The van der Waals surface area contributed by atoms with E-state index in [1.165, 1.54) is 36.5 Å². The molecule has 3 aromatic carbocycles. The summed E-state index contributed by atoms with van der Waals surface area (Å²) in [5.41, 5.74) is 3.53. The van der Waals surface area contributed by atoms with E-state index in [1.54, 1.807) is 36.4 Å². The highest BCUT2D eigenvalue weighted by atomic mass is 35.5. The summed E-state index contributed by atoms with van der Waals surface area (Å²) in [7, 11) is -4.21. The molecule has 0 aliphatic rings. The van der Waals surface area contributed by atoms with Crippen molar-refractivity contribution in [2.24, 2.45) is 5.10 Å². The van der Waals surface area contributed by atoms with Gasteiger partial charge in [-0.25, -0.2) is 18.2 Å². The van der Waals surface area contributed by atoms with Crippen LogP contribution in [0, 0.1) is 12.7 Å². The molecule has 0 saturated carbocycles. The Balaban J connectivity index is 1.86. The molecule has 3 aromatic rings. The van der Waals surface area contributed by atoms with Crippen LogP contribution in [0.2, 0.25) is 5.02 Å². The van der Waals surface area contributed by atoms with Crippen LogP contribution in [0.15, 0.2) is 82.8 Å². The number of halogens is 2. The summed E-state index contributed by atoms with van der Waals surface area (Å²) >= 11 is 5.90. The Bertz CT molecular complexity index is 1210. The lowest BCUT2D eigenvalue weighted by atomic mass is 10.2. The highest BCUT2D eigenvalue weighted by Crippen LogP contribution is 2.26. The number of hydrogen-bond acceptors (Lipinski definition) is 4. The highest BCUT2D eigenvalue weighted by Gasteiger charge is 2.29. The normalized spacial score (nSPS) is 11.5. The molecule has 0 spiro atoms. The summed E-state index contributed by atoms with van der Waals surface area (Å²) in [5.74, 6) is -1.51. The van der Waals surface area contributed by atoms with Crippen LogP contribution in [-0.4, -0.2) is 27.1 Å². The van der Waals surface area contributed by atoms with Crippen molar-refractivity contribution in [2.45, 2.75) is 11.8 Å². The second-order valence-corrected chi connectivity index (χ2v) is 8.92. The number of amides is 1. The lowest BCUT2D eigenvalue weighted by Gasteiger charge is -2.24. The minimum absolute atomic E-state index is 0.0587. The fourth-order valence-electron chi connectivity index (χ4n) is 2.72. The summed E-state index contributed by atoms with van der Waals surface area (Å²) in [5, 5.41) is 4.32. The molecule has 31 heavy (non-hydrogen) atoms. The van der Waals surface area contributed by atoms with Crippen LogP contribution in [0.3, 0.4) is 0 Å². The van der Waals surface area contributed by atoms with Crippen LogP contribution in [0.5, 0.6) is 0 Å². The molecular weight excluding hydrogens is 441 g/mol. The van der Waals surface area contributed by atoms with E-state index in [0.29, 0.717) is 10.6 Å². The number of carbonyl (C=O) groups is 1. The first kappa shape index (κ1) is 22.5. The molecule has 3 rings (SSSR count). The Kier molecular flexibility index (Phi) is 7.04. The second kappa shape index (κ2) is 9.72. The average Bonchev–Trinajstić information content (AvgIpc) is 2.73. The maximum absolute atomic E-state index is 14.4. The van der Waals surface area contributed by atoms with E-state index in [9.17, 15) is 17.6 Å². The average molecular weight is 460 g/mol. The van der Waals surface area contributed by atoms with Gasteiger partial charge < -0.3 is 0 Å². The smallest absolute Gasteiger partial charge is 0.264 e. The number of nitrogens with one attached hydrogen (secondary N) is 1. The number of nitrogens with zero attached hydrogens (tertiary/aromatic N) is 2. The van der Waals surface area contributed by atoms with E-state index < -0.39 is 28.3 Å². The molecule has 0 bridgehead atoms. The summed E-state index contributed by atoms with van der Waals surface area (Å²) < 4.78 is 41.5. The molecule has 0 atom stereocenters. The fraction of sp³-hybridized carbons (Fsp3) is 0.0909. The lowest BCUT2D eigenvalue weighted by Crippen LogP contribution is -2.40. The highest BCUT2D eigenvalue weighted by molar-refractivity contribution is 7.92. The number of hydrazone groups is 1. The first-order chi connectivity index (χ1) is 14.8. The number of anilines is 1. The van der Waals surface area contributed by atoms with Crippen LogP contribution in [0.1, 0.15) is 11.1 Å². The molecule has 0 aliphatic carbocycles. The monoisotopic (exact) mass is 459 g/mol. The van der Waals surface area contributed by atoms with Crippen molar-refractivity contribution in [1.82, 2.24) is 5.43 Å². The van der Waals surface area contributed by atoms with Gasteiger partial charge in [0.2, 0.25) is 0 Å². The number of carbonyl (C=O) groups excluding carboxylic acids is 1. The molecule has 0 aliphatic heterocycles. The van der Waals surface area contributed by atoms with Crippen molar-refractivity contribution in [3.63, 3.8) is 0 Å². The Hall–Kier alpha value is -3.23. The zero-order chi connectivity index (χ0) is 22.4. The predicted molar refractivity (Wildman–Crippen MR) is 119 cm³/mol. The van der Waals surface area contributed by atoms with Crippen LogP contribution in [0.25, 0.3) is 0 Å². The summed E-state index contributed by atoms with van der Waals surface area (Å²) in [4.78, 5) is 12.4. The van der Waals surface area contributed by atoms with Crippen molar-refractivity contribution in [1.29, 1.82) is 0 Å². The number of aryl methyl sites for hydroxylation is 1. The predicted octanol–water partition coefficient (Wildman–Crippen LogP) is 4.13. The summed E-state index contributed by atoms with van der Waals surface area (Å²) in [6.07, 6.45) is 1.37. The molecule has 0 saturated heterocycles.